The molecule has 2 aromatic rings. The molecular weight excluding hydrogens is 416 g/mol. The second-order valence-corrected chi connectivity index (χ2v) is 9.56. The Morgan fingerprint density at radius 3 is 1.64 bits per heavy atom. The Labute approximate surface area is 192 Å². The van der Waals surface area contributed by atoms with Gasteiger partial charge in [-0.3, -0.25) is 29.0 Å². The Balaban J connectivity index is 1.46. The standard InChI is InChI=1S/C27H26N2O4/c1-2-21(28-24(30)17-11-3-7-15-8-4-12-18(22(15)17)25(28)31)29-26(32)19-13-5-9-16-10-6-14-20(23(16)19)27(29)33/h3,5,7,9,11,13,18,20-21H,2,4,6,8,10,12,14H2,1H3. The first-order chi connectivity index (χ1) is 16.0. The van der Waals surface area contributed by atoms with Crippen LogP contribution in [0, 0.1) is 0 Å². The minimum Gasteiger partial charge on any atom is -0.274 e. The summed E-state index contributed by atoms with van der Waals surface area (Å²) >= 11 is 0. The van der Waals surface area contributed by atoms with Crippen molar-refractivity contribution < 1.29 is 19.2 Å². The molecule has 0 N–H and O–H groups in total. The lowest BCUT2D eigenvalue weighted by molar-refractivity contribution is -0.143. The maximum Gasteiger partial charge on any atom is 0.262 e. The summed E-state index contributed by atoms with van der Waals surface area (Å²) < 4.78 is 0. The number of hydrogen-bond donors (Lipinski definition) is 0. The summed E-state index contributed by atoms with van der Waals surface area (Å²) in [6.45, 7) is 1.82. The van der Waals surface area contributed by atoms with Crippen molar-refractivity contribution in [3.05, 3.63) is 69.8 Å². The number of aryl methyl sites for hydroxylation is 2. The van der Waals surface area contributed by atoms with Gasteiger partial charge in [-0.25, -0.2) is 0 Å². The molecule has 0 saturated heterocycles. The molecule has 2 aromatic carbocycles. The lowest BCUT2D eigenvalue weighted by Gasteiger charge is -2.45. The zero-order valence-corrected chi connectivity index (χ0v) is 18.7. The van der Waals surface area contributed by atoms with Gasteiger partial charge in [-0.05, 0) is 79.3 Å². The first-order valence-electron chi connectivity index (χ1n) is 12.0. The quantitative estimate of drug-likeness (QED) is 0.675. The molecule has 6 heteroatoms. The van der Waals surface area contributed by atoms with Gasteiger partial charge in [0.25, 0.3) is 11.8 Å². The third-order valence-corrected chi connectivity index (χ3v) is 7.90. The number of carbonyl (C=O) groups is 4. The first-order valence-corrected chi connectivity index (χ1v) is 12.0. The molecule has 0 fully saturated rings. The van der Waals surface area contributed by atoms with Crippen LogP contribution in [-0.4, -0.2) is 39.6 Å². The molecule has 2 unspecified atom stereocenters. The van der Waals surface area contributed by atoms with E-state index in [9.17, 15) is 19.2 Å². The Morgan fingerprint density at radius 1 is 0.758 bits per heavy atom. The molecule has 0 aromatic heterocycles. The second kappa shape index (κ2) is 7.37. The van der Waals surface area contributed by atoms with Crippen molar-refractivity contribution in [1.29, 1.82) is 0 Å². The minimum absolute atomic E-state index is 0.282. The van der Waals surface area contributed by atoms with Crippen molar-refractivity contribution in [2.45, 2.75) is 69.9 Å². The molecule has 0 bridgehead atoms. The topological polar surface area (TPSA) is 74.8 Å². The lowest BCUT2D eigenvalue weighted by atomic mass is 9.76. The predicted octanol–water partition coefficient (Wildman–Crippen LogP) is 3.93. The van der Waals surface area contributed by atoms with E-state index in [1.807, 2.05) is 31.2 Å². The van der Waals surface area contributed by atoms with E-state index in [2.05, 4.69) is 0 Å². The van der Waals surface area contributed by atoms with E-state index in [1.165, 1.54) is 9.80 Å². The fourth-order valence-corrected chi connectivity index (χ4v) is 6.47. The molecule has 6 rings (SSSR count). The fourth-order valence-electron chi connectivity index (χ4n) is 6.47. The summed E-state index contributed by atoms with van der Waals surface area (Å²) in [5, 5.41) is 0. The van der Waals surface area contributed by atoms with Gasteiger partial charge < -0.3 is 0 Å². The number of imide groups is 2. The van der Waals surface area contributed by atoms with Crippen molar-refractivity contribution >= 4 is 23.6 Å². The van der Waals surface area contributed by atoms with Gasteiger partial charge in [0.2, 0.25) is 11.8 Å². The molecule has 4 amide bonds. The van der Waals surface area contributed by atoms with E-state index in [0.717, 1.165) is 47.9 Å². The summed E-state index contributed by atoms with van der Waals surface area (Å²) in [4.78, 5) is 57.1. The Kier molecular flexibility index (Phi) is 4.54. The highest BCUT2D eigenvalue weighted by Crippen LogP contribution is 2.43. The Hall–Kier alpha value is -3.28. The summed E-state index contributed by atoms with van der Waals surface area (Å²) in [5.74, 6) is -2.14. The molecular formula is C27H26N2O4. The van der Waals surface area contributed by atoms with Gasteiger partial charge in [0.05, 0.1) is 11.8 Å². The molecule has 33 heavy (non-hydrogen) atoms. The van der Waals surface area contributed by atoms with Gasteiger partial charge in [-0.15, -0.1) is 0 Å². The third-order valence-electron chi connectivity index (χ3n) is 7.90. The lowest BCUT2D eigenvalue weighted by Crippen LogP contribution is -2.61. The molecule has 2 aliphatic carbocycles. The van der Waals surface area contributed by atoms with Crippen LogP contribution in [0.3, 0.4) is 0 Å². The minimum atomic E-state index is -0.914. The van der Waals surface area contributed by atoms with Gasteiger partial charge in [-0.2, -0.15) is 0 Å². The molecule has 4 aliphatic rings. The van der Waals surface area contributed by atoms with Crippen LogP contribution in [0.4, 0.5) is 0 Å². The average Bonchev–Trinajstić information content (AvgIpc) is 2.84. The smallest absolute Gasteiger partial charge is 0.262 e. The van der Waals surface area contributed by atoms with Gasteiger partial charge in [0.1, 0.15) is 6.17 Å². The highest BCUT2D eigenvalue weighted by atomic mass is 16.2. The van der Waals surface area contributed by atoms with E-state index >= 15 is 0 Å². The molecule has 168 valence electrons. The number of hydrogen-bond acceptors (Lipinski definition) is 4. The number of carbonyl (C=O) groups excluding carboxylic acids is 4. The summed E-state index contributed by atoms with van der Waals surface area (Å²) in [5.41, 5.74) is 4.89. The highest BCUT2D eigenvalue weighted by Gasteiger charge is 2.50. The summed E-state index contributed by atoms with van der Waals surface area (Å²) in [7, 11) is 0. The van der Waals surface area contributed by atoms with Crippen LogP contribution in [0.15, 0.2) is 36.4 Å². The maximum atomic E-state index is 13.7. The molecule has 0 radical (unpaired) electrons. The Morgan fingerprint density at radius 2 is 1.21 bits per heavy atom. The maximum absolute atomic E-state index is 13.7. The molecule has 2 aliphatic heterocycles. The van der Waals surface area contributed by atoms with Gasteiger partial charge in [-0.1, -0.05) is 31.2 Å². The second-order valence-electron chi connectivity index (χ2n) is 9.56. The highest BCUT2D eigenvalue weighted by molar-refractivity contribution is 6.15. The van der Waals surface area contributed by atoms with Crippen LogP contribution in [0.25, 0.3) is 0 Å². The van der Waals surface area contributed by atoms with Crippen LogP contribution in [0.1, 0.15) is 93.8 Å². The normalized spacial score (nSPS) is 24.5. The largest absolute Gasteiger partial charge is 0.274 e. The van der Waals surface area contributed by atoms with Crippen molar-refractivity contribution in [3.8, 4) is 0 Å². The molecule has 0 spiro atoms. The third kappa shape index (κ3) is 2.73. The molecule has 6 nitrogen and oxygen atoms in total. The van der Waals surface area contributed by atoms with E-state index in [4.69, 9.17) is 0 Å². The van der Waals surface area contributed by atoms with E-state index in [0.29, 0.717) is 30.4 Å². The van der Waals surface area contributed by atoms with E-state index < -0.39 is 18.0 Å². The molecule has 2 atom stereocenters. The van der Waals surface area contributed by atoms with Crippen LogP contribution in [0.5, 0.6) is 0 Å². The molecule has 2 heterocycles. The summed E-state index contributed by atoms with van der Waals surface area (Å²) in [6, 6.07) is 11.3. The van der Waals surface area contributed by atoms with E-state index in [1.54, 1.807) is 12.1 Å². The van der Waals surface area contributed by atoms with Crippen LogP contribution in [0.2, 0.25) is 0 Å². The number of rotatable bonds is 3. The van der Waals surface area contributed by atoms with Crippen LogP contribution < -0.4 is 0 Å². The van der Waals surface area contributed by atoms with Gasteiger partial charge in [0, 0.05) is 11.1 Å². The number of amides is 4. The van der Waals surface area contributed by atoms with Crippen molar-refractivity contribution in [2.24, 2.45) is 0 Å². The van der Waals surface area contributed by atoms with Gasteiger partial charge >= 0.3 is 0 Å². The molecule has 0 saturated carbocycles. The van der Waals surface area contributed by atoms with Crippen LogP contribution in [-0.2, 0) is 22.4 Å². The number of nitrogens with zero attached hydrogens (tertiary/aromatic N) is 2. The van der Waals surface area contributed by atoms with Gasteiger partial charge in [0.15, 0.2) is 0 Å². The predicted molar refractivity (Wildman–Crippen MR) is 121 cm³/mol. The van der Waals surface area contributed by atoms with Crippen molar-refractivity contribution in [2.75, 3.05) is 0 Å². The fraction of sp³-hybridized carbons (Fsp3) is 0.407. The van der Waals surface area contributed by atoms with Crippen molar-refractivity contribution in [3.63, 3.8) is 0 Å². The first kappa shape index (κ1) is 20.3. The van der Waals surface area contributed by atoms with Crippen LogP contribution >= 0.6 is 0 Å². The summed E-state index contributed by atoms with van der Waals surface area (Å²) in [6.07, 6.45) is 4.24. The Bertz CT molecular complexity index is 1140. The monoisotopic (exact) mass is 442 g/mol. The zero-order chi connectivity index (χ0) is 22.9. The number of benzene rings is 2. The van der Waals surface area contributed by atoms with Crippen molar-refractivity contribution in [1.82, 2.24) is 9.80 Å². The van der Waals surface area contributed by atoms with E-state index in [-0.39, 0.29) is 23.7 Å². The zero-order valence-electron chi connectivity index (χ0n) is 18.7. The average molecular weight is 443 g/mol. The SMILES string of the molecule is CCC(N1C(=O)c2cccc3c2C(CCC3)C1=O)N1C(=O)c2cccc3c2C(CCC3)C1=O.